The molecule has 1 fully saturated rings. The van der Waals surface area contributed by atoms with Crippen molar-refractivity contribution in [2.75, 3.05) is 33.4 Å². The lowest BCUT2D eigenvalue weighted by atomic mass is 10.0. The highest BCUT2D eigenvalue weighted by Gasteiger charge is 2.32. The fraction of sp³-hybridized carbons (Fsp3) is 0.500. The van der Waals surface area contributed by atoms with Gasteiger partial charge in [0.1, 0.15) is 11.9 Å². The number of piperazine rings is 1. The number of ether oxygens (including phenoxy) is 2. The Morgan fingerprint density at radius 3 is 2.96 bits per heavy atom. The standard InChI is InChI=1S/C18H26N2O3.ClH/c1-4-5-12-23-14(2)18(21)20-11-10-19-13-16(20)15-8-6-7-9-17(15)22-3;/h4,6-9,14,16,19H,1,5,10-13H2,2-3H3;1H. The summed E-state index contributed by atoms with van der Waals surface area (Å²) in [6.07, 6.45) is 2.08. The molecule has 6 heteroatoms. The first-order valence-corrected chi connectivity index (χ1v) is 8.05. The molecular weight excluding hydrogens is 328 g/mol. The van der Waals surface area contributed by atoms with E-state index in [2.05, 4.69) is 11.9 Å². The van der Waals surface area contributed by atoms with E-state index in [9.17, 15) is 4.79 Å². The average Bonchev–Trinajstić information content (AvgIpc) is 2.61. The maximum absolute atomic E-state index is 12.8. The van der Waals surface area contributed by atoms with Crippen molar-refractivity contribution in [3.8, 4) is 5.75 Å². The highest BCUT2D eigenvalue weighted by Crippen LogP contribution is 2.30. The molecule has 1 heterocycles. The quantitative estimate of drug-likeness (QED) is 0.604. The molecule has 0 aliphatic carbocycles. The maximum atomic E-state index is 12.8. The fourth-order valence-electron chi connectivity index (χ4n) is 2.82. The summed E-state index contributed by atoms with van der Waals surface area (Å²) >= 11 is 0. The third-order valence-electron chi connectivity index (χ3n) is 4.06. The van der Waals surface area contributed by atoms with Gasteiger partial charge in [0.2, 0.25) is 0 Å². The Hall–Kier alpha value is -1.56. The second-order valence-corrected chi connectivity index (χ2v) is 5.58. The van der Waals surface area contributed by atoms with E-state index in [1.807, 2.05) is 36.1 Å². The van der Waals surface area contributed by atoms with Gasteiger partial charge in [-0.1, -0.05) is 24.3 Å². The number of carbonyl (C=O) groups is 1. The minimum absolute atomic E-state index is 0. The summed E-state index contributed by atoms with van der Waals surface area (Å²) < 4.78 is 11.1. The Morgan fingerprint density at radius 2 is 2.25 bits per heavy atom. The smallest absolute Gasteiger partial charge is 0.252 e. The molecule has 0 bridgehead atoms. The van der Waals surface area contributed by atoms with Crippen LogP contribution in [0.5, 0.6) is 5.75 Å². The van der Waals surface area contributed by atoms with Crippen molar-refractivity contribution in [3.05, 3.63) is 42.5 Å². The average molecular weight is 355 g/mol. The fourth-order valence-corrected chi connectivity index (χ4v) is 2.82. The van der Waals surface area contributed by atoms with Crippen LogP contribution in [0.15, 0.2) is 36.9 Å². The van der Waals surface area contributed by atoms with E-state index in [0.717, 1.165) is 24.3 Å². The zero-order valence-corrected chi connectivity index (χ0v) is 15.2. The third-order valence-corrected chi connectivity index (χ3v) is 4.06. The zero-order chi connectivity index (χ0) is 16.7. The second kappa shape index (κ2) is 10.3. The van der Waals surface area contributed by atoms with Gasteiger partial charge in [-0.3, -0.25) is 4.79 Å². The van der Waals surface area contributed by atoms with Crippen molar-refractivity contribution in [1.82, 2.24) is 10.2 Å². The van der Waals surface area contributed by atoms with Gasteiger partial charge in [0.15, 0.2) is 0 Å². The van der Waals surface area contributed by atoms with Crippen molar-refractivity contribution >= 4 is 18.3 Å². The van der Waals surface area contributed by atoms with Gasteiger partial charge in [0, 0.05) is 25.2 Å². The number of para-hydroxylation sites is 1. The number of halogens is 1. The molecule has 0 radical (unpaired) electrons. The summed E-state index contributed by atoms with van der Waals surface area (Å²) in [6.45, 7) is 8.16. The first kappa shape index (κ1) is 20.5. The van der Waals surface area contributed by atoms with Crippen LogP contribution in [0.2, 0.25) is 0 Å². The Bertz CT molecular complexity index is 539. The summed E-state index contributed by atoms with van der Waals surface area (Å²) in [5.41, 5.74) is 1.02. The SMILES string of the molecule is C=CCCOC(C)C(=O)N1CCNCC1c1ccccc1OC.Cl. The highest BCUT2D eigenvalue weighted by atomic mass is 35.5. The molecule has 1 N–H and O–H groups in total. The number of hydrogen-bond acceptors (Lipinski definition) is 4. The number of rotatable bonds is 7. The molecule has 1 saturated heterocycles. The Morgan fingerprint density at radius 1 is 1.50 bits per heavy atom. The largest absolute Gasteiger partial charge is 0.496 e. The van der Waals surface area contributed by atoms with Crippen LogP contribution in [-0.2, 0) is 9.53 Å². The van der Waals surface area contributed by atoms with Crippen molar-refractivity contribution < 1.29 is 14.3 Å². The Kier molecular flexibility index (Phi) is 8.82. The lowest BCUT2D eigenvalue weighted by molar-refractivity contribution is -0.146. The molecule has 2 atom stereocenters. The summed E-state index contributed by atoms with van der Waals surface area (Å²) in [4.78, 5) is 14.7. The molecule has 2 rings (SSSR count). The summed E-state index contributed by atoms with van der Waals surface area (Å²) in [7, 11) is 1.66. The van der Waals surface area contributed by atoms with Crippen LogP contribution in [0, 0.1) is 0 Å². The summed E-state index contributed by atoms with van der Waals surface area (Å²) in [6, 6.07) is 7.81. The van der Waals surface area contributed by atoms with E-state index in [-0.39, 0.29) is 24.4 Å². The number of amides is 1. The number of benzene rings is 1. The molecule has 1 aliphatic rings. The molecule has 1 aromatic rings. The van der Waals surface area contributed by atoms with Crippen molar-refractivity contribution in [1.29, 1.82) is 0 Å². The molecule has 1 amide bonds. The summed E-state index contributed by atoms with van der Waals surface area (Å²) in [5, 5.41) is 3.36. The van der Waals surface area contributed by atoms with Crippen molar-refractivity contribution in [2.45, 2.75) is 25.5 Å². The predicted molar refractivity (Wildman–Crippen MR) is 97.8 cm³/mol. The summed E-state index contributed by atoms with van der Waals surface area (Å²) in [5.74, 6) is 0.825. The zero-order valence-electron chi connectivity index (χ0n) is 14.4. The van der Waals surface area contributed by atoms with Crippen LogP contribution < -0.4 is 10.1 Å². The molecule has 1 aliphatic heterocycles. The molecule has 0 saturated carbocycles. The van der Waals surface area contributed by atoms with Crippen LogP contribution in [0.3, 0.4) is 0 Å². The first-order valence-electron chi connectivity index (χ1n) is 8.05. The van der Waals surface area contributed by atoms with E-state index < -0.39 is 6.10 Å². The maximum Gasteiger partial charge on any atom is 0.252 e. The van der Waals surface area contributed by atoms with Gasteiger partial charge in [0.05, 0.1) is 19.8 Å². The molecule has 134 valence electrons. The second-order valence-electron chi connectivity index (χ2n) is 5.58. The van der Waals surface area contributed by atoms with E-state index in [4.69, 9.17) is 9.47 Å². The topological polar surface area (TPSA) is 50.8 Å². The number of carbonyl (C=O) groups excluding carboxylic acids is 1. The molecule has 1 aromatic carbocycles. The van der Waals surface area contributed by atoms with Crippen LogP contribution in [0.25, 0.3) is 0 Å². The van der Waals surface area contributed by atoms with Crippen LogP contribution >= 0.6 is 12.4 Å². The van der Waals surface area contributed by atoms with Gasteiger partial charge in [-0.05, 0) is 19.4 Å². The van der Waals surface area contributed by atoms with Crippen LogP contribution in [0.1, 0.15) is 24.9 Å². The van der Waals surface area contributed by atoms with Crippen molar-refractivity contribution in [3.63, 3.8) is 0 Å². The molecular formula is C18H27ClN2O3. The third kappa shape index (κ3) is 4.97. The normalized spacial score (nSPS) is 18.4. The van der Waals surface area contributed by atoms with E-state index >= 15 is 0 Å². The van der Waals surface area contributed by atoms with Gasteiger partial charge < -0.3 is 19.7 Å². The van der Waals surface area contributed by atoms with Gasteiger partial charge >= 0.3 is 0 Å². The van der Waals surface area contributed by atoms with E-state index in [0.29, 0.717) is 19.7 Å². The lowest BCUT2D eigenvalue weighted by Gasteiger charge is -2.38. The Labute approximate surface area is 150 Å². The number of hydrogen-bond donors (Lipinski definition) is 1. The van der Waals surface area contributed by atoms with Crippen LogP contribution in [-0.4, -0.2) is 50.3 Å². The van der Waals surface area contributed by atoms with Crippen molar-refractivity contribution in [2.24, 2.45) is 0 Å². The molecule has 0 spiro atoms. The van der Waals surface area contributed by atoms with Gasteiger partial charge in [-0.15, -0.1) is 19.0 Å². The predicted octanol–water partition coefficient (Wildman–Crippen LogP) is 2.57. The molecule has 24 heavy (non-hydrogen) atoms. The van der Waals surface area contributed by atoms with E-state index in [1.54, 1.807) is 13.2 Å². The number of methoxy groups -OCH3 is 1. The van der Waals surface area contributed by atoms with Gasteiger partial charge in [0.25, 0.3) is 5.91 Å². The number of nitrogens with one attached hydrogen (secondary N) is 1. The van der Waals surface area contributed by atoms with Gasteiger partial charge in [-0.2, -0.15) is 0 Å². The lowest BCUT2D eigenvalue weighted by Crippen LogP contribution is -2.51. The Balaban J connectivity index is 0.00000288. The minimum atomic E-state index is -0.453. The first-order chi connectivity index (χ1) is 11.2. The number of nitrogens with zero attached hydrogens (tertiary/aromatic N) is 1. The molecule has 5 nitrogen and oxygen atoms in total. The molecule has 2 unspecified atom stereocenters. The molecule has 0 aromatic heterocycles. The van der Waals surface area contributed by atoms with Gasteiger partial charge in [-0.25, -0.2) is 0 Å². The minimum Gasteiger partial charge on any atom is -0.496 e. The highest BCUT2D eigenvalue weighted by molar-refractivity contribution is 5.85. The van der Waals surface area contributed by atoms with Crippen LogP contribution in [0.4, 0.5) is 0 Å². The monoisotopic (exact) mass is 354 g/mol. The van der Waals surface area contributed by atoms with E-state index in [1.165, 1.54) is 0 Å².